The second-order valence-corrected chi connectivity index (χ2v) is 5.15. The predicted octanol–water partition coefficient (Wildman–Crippen LogP) is 3.71. The number of piperidine rings is 1. The predicted molar refractivity (Wildman–Crippen MR) is 70.8 cm³/mol. The highest BCUT2D eigenvalue weighted by molar-refractivity contribution is 6.31. The first-order valence-electron chi connectivity index (χ1n) is 5.95. The summed E-state index contributed by atoms with van der Waals surface area (Å²) in [7, 11) is 0. The molecule has 0 saturated carbocycles. The van der Waals surface area contributed by atoms with Crippen molar-refractivity contribution in [3.05, 3.63) is 34.6 Å². The molecule has 0 bridgehead atoms. The SMILES string of the molecule is O=C(c1ccc(F)c(Cl)c1)N1CCCCC1CCl. The van der Waals surface area contributed by atoms with Crippen LogP contribution in [0.25, 0.3) is 0 Å². The van der Waals surface area contributed by atoms with E-state index in [1.807, 2.05) is 0 Å². The third-order valence-electron chi connectivity index (χ3n) is 3.23. The van der Waals surface area contributed by atoms with Gasteiger partial charge in [0.05, 0.1) is 5.02 Å². The van der Waals surface area contributed by atoms with Gasteiger partial charge in [-0.2, -0.15) is 0 Å². The summed E-state index contributed by atoms with van der Waals surface area (Å²) in [4.78, 5) is 14.1. The Hall–Kier alpha value is -0.800. The molecule has 18 heavy (non-hydrogen) atoms. The van der Waals surface area contributed by atoms with E-state index in [1.165, 1.54) is 18.2 Å². The number of carbonyl (C=O) groups is 1. The lowest BCUT2D eigenvalue weighted by atomic mass is 10.0. The first-order valence-corrected chi connectivity index (χ1v) is 6.86. The molecule has 0 radical (unpaired) electrons. The largest absolute Gasteiger partial charge is 0.334 e. The fourth-order valence-corrected chi connectivity index (χ4v) is 2.72. The summed E-state index contributed by atoms with van der Waals surface area (Å²) in [6.07, 6.45) is 2.99. The summed E-state index contributed by atoms with van der Waals surface area (Å²) < 4.78 is 13.1. The minimum absolute atomic E-state index is 0.0275. The number of hydrogen-bond acceptors (Lipinski definition) is 1. The van der Waals surface area contributed by atoms with Gasteiger partial charge in [-0.05, 0) is 37.5 Å². The van der Waals surface area contributed by atoms with Crippen molar-refractivity contribution < 1.29 is 9.18 Å². The zero-order valence-electron chi connectivity index (χ0n) is 9.83. The van der Waals surface area contributed by atoms with Gasteiger partial charge in [-0.15, -0.1) is 11.6 Å². The second-order valence-electron chi connectivity index (χ2n) is 4.43. The summed E-state index contributed by atoms with van der Waals surface area (Å²) in [6.45, 7) is 0.700. The van der Waals surface area contributed by atoms with Crippen molar-refractivity contribution in [2.75, 3.05) is 12.4 Å². The van der Waals surface area contributed by atoms with Gasteiger partial charge in [-0.1, -0.05) is 11.6 Å². The maximum Gasteiger partial charge on any atom is 0.254 e. The molecule has 1 unspecified atom stereocenters. The molecule has 1 atom stereocenters. The van der Waals surface area contributed by atoms with Crippen LogP contribution in [-0.2, 0) is 0 Å². The van der Waals surface area contributed by atoms with Crippen LogP contribution in [0, 0.1) is 5.82 Å². The van der Waals surface area contributed by atoms with Gasteiger partial charge in [0, 0.05) is 24.0 Å². The maximum atomic E-state index is 13.1. The topological polar surface area (TPSA) is 20.3 Å². The number of likely N-dealkylation sites (tertiary alicyclic amines) is 1. The first kappa shape index (κ1) is 13.6. The van der Waals surface area contributed by atoms with Gasteiger partial charge in [-0.3, -0.25) is 4.79 Å². The standard InChI is InChI=1S/C13H14Cl2FNO/c14-8-10-3-1-2-6-17(10)13(18)9-4-5-12(16)11(15)7-9/h4-5,7,10H,1-3,6,8H2. The number of halogens is 3. The van der Waals surface area contributed by atoms with Gasteiger partial charge in [0.15, 0.2) is 0 Å². The van der Waals surface area contributed by atoms with E-state index in [2.05, 4.69) is 0 Å². The van der Waals surface area contributed by atoms with Crippen LogP contribution < -0.4 is 0 Å². The minimum Gasteiger partial charge on any atom is -0.334 e. The lowest BCUT2D eigenvalue weighted by Gasteiger charge is -2.34. The zero-order valence-corrected chi connectivity index (χ0v) is 11.3. The summed E-state index contributed by atoms with van der Waals surface area (Å²) in [5, 5.41) is -0.0275. The van der Waals surface area contributed by atoms with Gasteiger partial charge in [0.2, 0.25) is 0 Å². The van der Waals surface area contributed by atoms with Crippen molar-refractivity contribution in [2.24, 2.45) is 0 Å². The molecule has 1 saturated heterocycles. The Labute approximate surface area is 116 Å². The first-order chi connectivity index (χ1) is 8.63. The molecule has 1 heterocycles. The number of rotatable bonds is 2. The molecule has 1 fully saturated rings. The van der Waals surface area contributed by atoms with Crippen molar-refractivity contribution >= 4 is 29.1 Å². The highest BCUT2D eigenvalue weighted by Gasteiger charge is 2.27. The summed E-state index contributed by atoms with van der Waals surface area (Å²) in [5.41, 5.74) is 0.415. The monoisotopic (exact) mass is 289 g/mol. The van der Waals surface area contributed by atoms with Crippen LogP contribution in [0.5, 0.6) is 0 Å². The molecule has 1 aromatic rings. The van der Waals surface area contributed by atoms with Crippen LogP contribution in [0.4, 0.5) is 4.39 Å². The highest BCUT2D eigenvalue weighted by atomic mass is 35.5. The zero-order chi connectivity index (χ0) is 13.1. The summed E-state index contributed by atoms with van der Waals surface area (Å²) >= 11 is 11.6. The Kier molecular flexibility index (Phi) is 4.46. The van der Waals surface area contributed by atoms with E-state index in [-0.39, 0.29) is 17.0 Å². The van der Waals surface area contributed by atoms with Crippen molar-refractivity contribution in [3.63, 3.8) is 0 Å². The maximum absolute atomic E-state index is 13.1. The average molecular weight is 290 g/mol. The Morgan fingerprint density at radius 3 is 2.89 bits per heavy atom. The number of hydrogen-bond donors (Lipinski definition) is 0. The molecule has 0 spiro atoms. The molecule has 5 heteroatoms. The van der Waals surface area contributed by atoms with Gasteiger partial charge in [-0.25, -0.2) is 4.39 Å². The van der Waals surface area contributed by atoms with Crippen molar-refractivity contribution in [1.82, 2.24) is 4.90 Å². The van der Waals surface area contributed by atoms with Crippen molar-refractivity contribution in [3.8, 4) is 0 Å². The van der Waals surface area contributed by atoms with Crippen LogP contribution in [-0.4, -0.2) is 29.3 Å². The molecule has 0 aliphatic carbocycles. The number of nitrogens with zero attached hydrogens (tertiary/aromatic N) is 1. The van der Waals surface area contributed by atoms with Crippen LogP contribution >= 0.6 is 23.2 Å². The fraction of sp³-hybridized carbons (Fsp3) is 0.462. The molecule has 1 aliphatic heterocycles. The van der Waals surface area contributed by atoms with Crippen molar-refractivity contribution in [1.29, 1.82) is 0 Å². The molecule has 1 aromatic carbocycles. The minimum atomic E-state index is -0.513. The lowest BCUT2D eigenvalue weighted by Crippen LogP contribution is -2.44. The van der Waals surface area contributed by atoms with Gasteiger partial charge >= 0.3 is 0 Å². The highest BCUT2D eigenvalue weighted by Crippen LogP contribution is 2.23. The fourth-order valence-electron chi connectivity index (χ4n) is 2.22. The second kappa shape index (κ2) is 5.89. The quantitative estimate of drug-likeness (QED) is 0.760. The summed E-state index contributed by atoms with van der Waals surface area (Å²) in [5.74, 6) is -0.205. The number of benzene rings is 1. The van der Waals surface area contributed by atoms with Gasteiger partial charge < -0.3 is 4.90 Å². The normalized spacial score (nSPS) is 19.9. The molecular weight excluding hydrogens is 276 g/mol. The Morgan fingerprint density at radius 2 is 2.22 bits per heavy atom. The molecule has 1 amide bonds. The summed E-state index contributed by atoms with van der Waals surface area (Å²) in [6, 6.07) is 4.12. The van der Waals surface area contributed by atoms with E-state index in [0.717, 1.165) is 19.3 Å². The van der Waals surface area contributed by atoms with Gasteiger partial charge in [0.25, 0.3) is 5.91 Å². The molecule has 98 valence electrons. The van der Waals surface area contributed by atoms with Crippen LogP contribution in [0.3, 0.4) is 0 Å². The Bertz CT molecular complexity index is 453. The number of carbonyl (C=O) groups excluding carboxylic acids is 1. The third kappa shape index (κ3) is 2.78. The molecule has 2 rings (SSSR count). The molecule has 1 aliphatic rings. The van der Waals surface area contributed by atoms with E-state index in [4.69, 9.17) is 23.2 Å². The van der Waals surface area contributed by atoms with E-state index in [9.17, 15) is 9.18 Å². The molecule has 0 aromatic heterocycles. The lowest BCUT2D eigenvalue weighted by molar-refractivity contribution is 0.0639. The molecule has 2 nitrogen and oxygen atoms in total. The van der Waals surface area contributed by atoms with E-state index in [1.54, 1.807) is 4.90 Å². The van der Waals surface area contributed by atoms with Crippen LogP contribution in [0.15, 0.2) is 18.2 Å². The smallest absolute Gasteiger partial charge is 0.254 e. The Balaban J connectivity index is 2.21. The van der Waals surface area contributed by atoms with Gasteiger partial charge in [0.1, 0.15) is 5.82 Å². The molecular formula is C13H14Cl2FNO. The number of alkyl halides is 1. The van der Waals surface area contributed by atoms with Crippen LogP contribution in [0.1, 0.15) is 29.6 Å². The van der Waals surface area contributed by atoms with E-state index in [0.29, 0.717) is 18.0 Å². The van der Waals surface area contributed by atoms with Crippen LogP contribution in [0.2, 0.25) is 5.02 Å². The Morgan fingerprint density at radius 1 is 1.44 bits per heavy atom. The third-order valence-corrected chi connectivity index (χ3v) is 3.88. The number of amides is 1. The molecule has 0 N–H and O–H groups in total. The van der Waals surface area contributed by atoms with E-state index >= 15 is 0 Å². The van der Waals surface area contributed by atoms with Crippen molar-refractivity contribution in [2.45, 2.75) is 25.3 Å². The van der Waals surface area contributed by atoms with E-state index < -0.39 is 5.82 Å². The average Bonchev–Trinajstić information content (AvgIpc) is 2.41.